The second kappa shape index (κ2) is 3.90. The van der Waals surface area contributed by atoms with E-state index in [9.17, 15) is 9.59 Å². The van der Waals surface area contributed by atoms with E-state index in [0.717, 1.165) is 12.2 Å². The van der Waals surface area contributed by atoms with E-state index < -0.39 is 5.91 Å². The molecule has 0 bridgehead atoms. The fourth-order valence-corrected chi connectivity index (χ4v) is 0.569. The molecule has 0 aliphatic rings. The van der Waals surface area contributed by atoms with Gasteiger partial charge in [0.15, 0.2) is 0 Å². The van der Waals surface area contributed by atoms with E-state index in [4.69, 9.17) is 5.73 Å². The third-order valence-corrected chi connectivity index (χ3v) is 0.897. The summed E-state index contributed by atoms with van der Waals surface area (Å²) in [5, 5.41) is 2.64. The van der Waals surface area contributed by atoms with Crippen LogP contribution in [0, 0.1) is 0 Å². The quantitative estimate of drug-likeness (QED) is 0.570. The zero-order chi connectivity index (χ0) is 9.78. The van der Waals surface area contributed by atoms with Gasteiger partial charge in [-0.05, 0) is 20.8 Å². The maximum Gasteiger partial charge on any atom is 0.244 e. The van der Waals surface area contributed by atoms with Crippen LogP contribution in [0.25, 0.3) is 0 Å². The summed E-state index contributed by atoms with van der Waals surface area (Å²) in [6.07, 6.45) is 2.15. The summed E-state index contributed by atoms with van der Waals surface area (Å²) in [5.41, 5.74) is 4.51. The molecule has 12 heavy (non-hydrogen) atoms. The number of nitrogens with two attached hydrogens (primary N) is 1. The summed E-state index contributed by atoms with van der Waals surface area (Å²) >= 11 is 0. The van der Waals surface area contributed by atoms with Gasteiger partial charge in [0, 0.05) is 17.7 Å². The second-order valence-electron chi connectivity index (χ2n) is 3.47. The number of nitrogens with one attached hydrogen (secondary N) is 1. The van der Waals surface area contributed by atoms with E-state index in [1.54, 1.807) is 0 Å². The topological polar surface area (TPSA) is 72.2 Å². The van der Waals surface area contributed by atoms with E-state index in [2.05, 4.69) is 5.32 Å². The van der Waals surface area contributed by atoms with Gasteiger partial charge < -0.3 is 11.1 Å². The van der Waals surface area contributed by atoms with Gasteiger partial charge in [0.2, 0.25) is 11.8 Å². The molecule has 3 N–H and O–H groups in total. The fraction of sp³-hybridized carbons (Fsp3) is 0.500. The first kappa shape index (κ1) is 10.7. The lowest BCUT2D eigenvalue weighted by Crippen LogP contribution is -2.39. The first-order chi connectivity index (χ1) is 5.31. The van der Waals surface area contributed by atoms with Gasteiger partial charge in [-0.25, -0.2) is 0 Å². The monoisotopic (exact) mass is 170 g/mol. The van der Waals surface area contributed by atoms with Crippen molar-refractivity contribution in [3.05, 3.63) is 12.2 Å². The van der Waals surface area contributed by atoms with Gasteiger partial charge in [-0.15, -0.1) is 0 Å². The van der Waals surface area contributed by atoms with Crippen LogP contribution in [-0.4, -0.2) is 17.4 Å². The number of primary amides is 1. The van der Waals surface area contributed by atoms with Crippen LogP contribution in [0.5, 0.6) is 0 Å². The van der Waals surface area contributed by atoms with Gasteiger partial charge in [0.1, 0.15) is 0 Å². The van der Waals surface area contributed by atoms with Crippen molar-refractivity contribution in [3.63, 3.8) is 0 Å². The van der Waals surface area contributed by atoms with Crippen LogP contribution in [0.1, 0.15) is 20.8 Å². The minimum Gasteiger partial charge on any atom is -0.366 e. The largest absolute Gasteiger partial charge is 0.366 e. The third kappa shape index (κ3) is 6.80. The normalized spacial score (nSPS) is 11.6. The predicted molar refractivity (Wildman–Crippen MR) is 46.2 cm³/mol. The Morgan fingerprint density at radius 1 is 1.25 bits per heavy atom. The van der Waals surface area contributed by atoms with Crippen LogP contribution in [0.3, 0.4) is 0 Å². The lowest BCUT2D eigenvalue weighted by atomic mass is 10.1. The van der Waals surface area contributed by atoms with Crippen molar-refractivity contribution in [1.82, 2.24) is 5.32 Å². The fourth-order valence-electron chi connectivity index (χ4n) is 0.569. The Hall–Kier alpha value is -1.32. The molecule has 4 nitrogen and oxygen atoms in total. The number of rotatable bonds is 2. The van der Waals surface area contributed by atoms with Gasteiger partial charge in [-0.2, -0.15) is 0 Å². The SMILES string of the molecule is CC(C)(C)NC(=O)/C=C\C(N)=O. The Labute approximate surface area is 71.8 Å². The molecule has 0 fully saturated rings. The summed E-state index contributed by atoms with van der Waals surface area (Å²) in [6.45, 7) is 5.55. The van der Waals surface area contributed by atoms with E-state index in [-0.39, 0.29) is 11.4 Å². The Balaban J connectivity index is 3.99. The van der Waals surface area contributed by atoms with E-state index in [0.29, 0.717) is 0 Å². The van der Waals surface area contributed by atoms with Crippen LogP contribution in [0.2, 0.25) is 0 Å². The Kier molecular flexibility index (Phi) is 3.47. The summed E-state index contributed by atoms with van der Waals surface area (Å²) in [5.74, 6) is -0.944. The van der Waals surface area contributed by atoms with Crippen molar-refractivity contribution in [2.24, 2.45) is 5.73 Å². The summed E-state index contributed by atoms with van der Waals surface area (Å²) in [4.78, 5) is 21.2. The Morgan fingerprint density at radius 3 is 2.08 bits per heavy atom. The van der Waals surface area contributed by atoms with Crippen molar-refractivity contribution in [2.75, 3.05) is 0 Å². The van der Waals surface area contributed by atoms with Crippen molar-refractivity contribution < 1.29 is 9.59 Å². The minimum absolute atomic E-state index is 0.293. The second-order valence-corrected chi connectivity index (χ2v) is 3.47. The lowest BCUT2D eigenvalue weighted by molar-refractivity contribution is -0.118. The molecular weight excluding hydrogens is 156 g/mol. The molecule has 0 aliphatic carbocycles. The number of hydrogen-bond donors (Lipinski definition) is 2. The zero-order valence-corrected chi connectivity index (χ0v) is 7.55. The molecule has 0 saturated carbocycles. The van der Waals surface area contributed by atoms with Crippen molar-refractivity contribution in [3.8, 4) is 0 Å². The molecule has 0 rings (SSSR count). The number of carbonyl (C=O) groups is 2. The number of carbonyl (C=O) groups excluding carboxylic acids is 2. The van der Waals surface area contributed by atoms with Crippen LogP contribution in [-0.2, 0) is 9.59 Å². The Morgan fingerprint density at radius 2 is 1.75 bits per heavy atom. The highest BCUT2D eigenvalue weighted by molar-refractivity contribution is 5.96. The van der Waals surface area contributed by atoms with Crippen molar-refractivity contribution in [1.29, 1.82) is 0 Å². The molecule has 0 heterocycles. The van der Waals surface area contributed by atoms with E-state index in [1.165, 1.54) is 0 Å². The maximum atomic E-state index is 11.0. The van der Waals surface area contributed by atoms with Crippen molar-refractivity contribution in [2.45, 2.75) is 26.3 Å². The molecule has 0 spiro atoms. The lowest BCUT2D eigenvalue weighted by Gasteiger charge is -2.18. The van der Waals surface area contributed by atoms with Gasteiger partial charge >= 0.3 is 0 Å². The molecule has 0 atom stereocenters. The van der Waals surface area contributed by atoms with E-state index in [1.807, 2.05) is 20.8 Å². The first-order valence-corrected chi connectivity index (χ1v) is 3.61. The first-order valence-electron chi connectivity index (χ1n) is 3.61. The smallest absolute Gasteiger partial charge is 0.244 e. The summed E-state index contributed by atoms with van der Waals surface area (Å²) in [6, 6.07) is 0. The highest BCUT2D eigenvalue weighted by Gasteiger charge is 2.10. The molecular formula is C8H14N2O2. The van der Waals surface area contributed by atoms with Crippen LogP contribution in [0.15, 0.2) is 12.2 Å². The predicted octanol–water partition coefficient (Wildman–Crippen LogP) is -0.0574. The molecule has 4 heteroatoms. The number of hydrogen-bond acceptors (Lipinski definition) is 2. The standard InChI is InChI=1S/C8H14N2O2/c1-8(2,3)10-7(12)5-4-6(9)11/h4-5H,1-3H3,(H2,9,11)(H,10,12)/b5-4-. The van der Waals surface area contributed by atoms with Gasteiger partial charge in [0.05, 0.1) is 0 Å². The highest BCUT2D eigenvalue weighted by Crippen LogP contribution is 1.97. The van der Waals surface area contributed by atoms with Crippen LogP contribution < -0.4 is 11.1 Å². The average Bonchev–Trinajstić information content (AvgIpc) is 1.79. The Bertz CT molecular complexity index is 214. The van der Waals surface area contributed by atoms with Gasteiger partial charge in [-0.3, -0.25) is 9.59 Å². The summed E-state index contributed by atoms with van der Waals surface area (Å²) in [7, 11) is 0. The molecule has 0 saturated heterocycles. The molecule has 0 aromatic rings. The van der Waals surface area contributed by atoms with Crippen LogP contribution in [0.4, 0.5) is 0 Å². The molecule has 0 unspecified atom stereocenters. The average molecular weight is 170 g/mol. The van der Waals surface area contributed by atoms with E-state index >= 15 is 0 Å². The maximum absolute atomic E-state index is 11.0. The van der Waals surface area contributed by atoms with Gasteiger partial charge in [-0.1, -0.05) is 0 Å². The third-order valence-electron chi connectivity index (χ3n) is 0.897. The molecule has 0 aromatic carbocycles. The zero-order valence-electron chi connectivity index (χ0n) is 7.55. The van der Waals surface area contributed by atoms with Gasteiger partial charge in [0.25, 0.3) is 0 Å². The highest BCUT2D eigenvalue weighted by atomic mass is 16.2. The molecule has 0 aliphatic heterocycles. The molecule has 0 aromatic heterocycles. The molecule has 2 amide bonds. The molecule has 68 valence electrons. The molecule has 0 radical (unpaired) electrons. The minimum atomic E-state index is -0.626. The van der Waals surface area contributed by atoms with Crippen LogP contribution >= 0.6 is 0 Å². The number of amides is 2. The van der Waals surface area contributed by atoms with Crippen molar-refractivity contribution >= 4 is 11.8 Å². The summed E-state index contributed by atoms with van der Waals surface area (Å²) < 4.78 is 0.